The van der Waals surface area contributed by atoms with Gasteiger partial charge in [-0.05, 0) is 26.0 Å². The Hall–Kier alpha value is -1.66. The van der Waals surface area contributed by atoms with E-state index >= 15 is 0 Å². The molecule has 2 heterocycles. The molecule has 0 aliphatic rings. The maximum atomic E-state index is 11.9. The molecule has 0 spiro atoms. The number of hydrogen-bond acceptors (Lipinski definition) is 5. The van der Waals surface area contributed by atoms with Crippen LogP contribution >= 0.6 is 11.3 Å². The molecule has 0 saturated carbocycles. The fourth-order valence-corrected chi connectivity index (χ4v) is 2.80. The molecule has 5 nitrogen and oxygen atoms in total. The SMILES string of the molecule is COc1nc(C)cc(=O)n1CCNCc1ccc(C)s1. The van der Waals surface area contributed by atoms with E-state index in [0.29, 0.717) is 24.8 Å². The molecule has 0 fully saturated rings. The van der Waals surface area contributed by atoms with Crippen molar-refractivity contribution in [3.05, 3.63) is 44.0 Å². The van der Waals surface area contributed by atoms with E-state index in [2.05, 4.69) is 29.4 Å². The molecule has 1 N–H and O–H groups in total. The molecule has 0 atom stereocenters. The number of methoxy groups -OCH3 is 1. The van der Waals surface area contributed by atoms with Crippen LogP contribution in [0.15, 0.2) is 23.0 Å². The fourth-order valence-electron chi connectivity index (χ4n) is 1.94. The number of aromatic nitrogens is 2. The lowest BCUT2D eigenvalue weighted by molar-refractivity contribution is 0.342. The van der Waals surface area contributed by atoms with Crippen LogP contribution in [0.4, 0.5) is 0 Å². The molecule has 2 rings (SSSR count). The third kappa shape index (κ3) is 3.68. The number of ether oxygens (including phenoxy) is 1. The van der Waals surface area contributed by atoms with Gasteiger partial charge >= 0.3 is 0 Å². The van der Waals surface area contributed by atoms with Crippen LogP contribution in [0.2, 0.25) is 0 Å². The van der Waals surface area contributed by atoms with Crippen LogP contribution < -0.4 is 15.6 Å². The van der Waals surface area contributed by atoms with E-state index in [1.54, 1.807) is 22.8 Å². The Morgan fingerprint density at radius 1 is 1.40 bits per heavy atom. The van der Waals surface area contributed by atoms with Crippen LogP contribution in [0, 0.1) is 13.8 Å². The van der Waals surface area contributed by atoms with E-state index in [4.69, 9.17) is 4.74 Å². The van der Waals surface area contributed by atoms with Gasteiger partial charge in [0.15, 0.2) is 0 Å². The first kappa shape index (κ1) is 14.7. The Kier molecular flexibility index (Phi) is 4.92. The summed E-state index contributed by atoms with van der Waals surface area (Å²) in [4.78, 5) is 18.7. The zero-order valence-corrected chi connectivity index (χ0v) is 12.8. The summed E-state index contributed by atoms with van der Waals surface area (Å²) in [5, 5.41) is 3.32. The third-order valence-corrected chi connectivity index (χ3v) is 3.89. The summed E-state index contributed by atoms with van der Waals surface area (Å²) in [7, 11) is 1.53. The summed E-state index contributed by atoms with van der Waals surface area (Å²) in [6.07, 6.45) is 0. The molecule has 2 aromatic rings. The average molecular weight is 293 g/mol. The van der Waals surface area contributed by atoms with Crippen molar-refractivity contribution in [3.8, 4) is 6.01 Å². The molecular weight excluding hydrogens is 274 g/mol. The zero-order valence-electron chi connectivity index (χ0n) is 12.0. The monoisotopic (exact) mass is 293 g/mol. The van der Waals surface area contributed by atoms with Crippen molar-refractivity contribution in [2.75, 3.05) is 13.7 Å². The largest absolute Gasteiger partial charge is 0.468 e. The van der Waals surface area contributed by atoms with Crippen molar-refractivity contribution in [3.63, 3.8) is 0 Å². The summed E-state index contributed by atoms with van der Waals surface area (Å²) in [5.74, 6) is 0. The fraction of sp³-hybridized carbons (Fsp3) is 0.429. The highest BCUT2D eigenvalue weighted by atomic mass is 32.1. The number of aryl methyl sites for hydroxylation is 2. The Morgan fingerprint density at radius 3 is 2.85 bits per heavy atom. The minimum atomic E-state index is -0.0804. The third-order valence-electron chi connectivity index (χ3n) is 2.89. The van der Waals surface area contributed by atoms with Gasteiger partial charge in [-0.3, -0.25) is 9.36 Å². The minimum absolute atomic E-state index is 0.0804. The molecule has 0 radical (unpaired) electrons. The van der Waals surface area contributed by atoms with Gasteiger partial charge in [0.2, 0.25) is 0 Å². The smallest absolute Gasteiger partial charge is 0.299 e. The van der Waals surface area contributed by atoms with Crippen molar-refractivity contribution in [2.45, 2.75) is 26.9 Å². The van der Waals surface area contributed by atoms with Gasteiger partial charge in [0.1, 0.15) is 0 Å². The molecule has 0 aliphatic heterocycles. The van der Waals surface area contributed by atoms with E-state index < -0.39 is 0 Å². The highest BCUT2D eigenvalue weighted by molar-refractivity contribution is 7.11. The van der Waals surface area contributed by atoms with Crippen molar-refractivity contribution in [2.24, 2.45) is 0 Å². The lowest BCUT2D eigenvalue weighted by atomic mass is 10.4. The number of thiophene rings is 1. The van der Waals surface area contributed by atoms with Gasteiger partial charge in [0, 0.05) is 41.1 Å². The molecule has 0 amide bonds. The summed E-state index contributed by atoms with van der Waals surface area (Å²) in [5.41, 5.74) is 0.591. The van der Waals surface area contributed by atoms with E-state index in [1.807, 2.05) is 0 Å². The molecule has 108 valence electrons. The molecule has 2 aromatic heterocycles. The Balaban J connectivity index is 1.92. The van der Waals surface area contributed by atoms with E-state index in [9.17, 15) is 4.79 Å². The average Bonchev–Trinajstić information content (AvgIpc) is 2.81. The van der Waals surface area contributed by atoms with E-state index in [-0.39, 0.29) is 5.56 Å². The van der Waals surface area contributed by atoms with Crippen LogP contribution in [-0.4, -0.2) is 23.2 Å². The number of rotatable bonds is 6. The number of hydrogen-bond donors (Lipinski definition) is 1. The summed E-state index contributed by atoms with van der Waals surface area (Å²) in [6, 6.07) is 6.11. The van der Waals surface area contributed by atoms with Gasteiger partial charge in [0.05, 0.1) is 7.11 Å². The van der Waals surface area contributed by atoms with Crippen LogP contribution in [0.3, 0.4) is 0 Å². The van der Waals surface area contributed by atoms with Gasteiger partial charge in [-0.1, -0.05) is 0 Å². The Morgan fingerprint density at radius 2 is 2.20 bits per heavy atom. The predicted molar refractivity (Wildman–Crippen MR) is 80.5 cm³/mol. The second-order valence-corrected chi connectivity index (χ2v) is 5.94. The molecule has 20 heavy (non-hydrogen) atoms. The molecule has 0 saturated heterocycles. The first-order valence-corrected chi connectivity index (χ1v) is 7.30. The predicted octanol–water partition coefficient (Wildman–Crippen LogP) is 1.72. The first-order chi connectivity index (χ1) is 9.60. The van der Waals surface area contributed by atoms with Crippen molar-refractivity contribution < 1.29 is 4.74 Å². The summed E-state index contributed by atoms with van der Waals surface area (Å²) < 4.78 is 6.69. The summed E-state index contributed by atoms with van der Waals surface area (Å²) >= 11 is 1.78. The minimum Gasteiger partial charge on any atom is -0.468 e. The second-order valence-electron chi connectivity index (χ2n) is 4.56. The number of nitrogens with zero attached hydrogens (tertiary/aromatic N) is 2. The van der Waals surface area contributed by atoms with E-state index in [0.717, 1.165) is 6.54 Å². The zero-order chi connectivity index (χ0) is 14.5. The maximum Gasteiger partial charge on any atom is 0.299 e. The molecule has 0 unspecified atom stereocenters. The normalized spacial score (nSPS) is 10.8. The highest BCUT2D eigenvalue weighted by Gasteiger charge is 2.06. The van der Waals surface area contributed by atoms with Gasteiger partial charge < -0.3 is 10.1 Å². The van der Waals surface area contributed by atoms with Crippen LogP contribution in [-0.2, 0) is 13.1 Å². The van der Waals surface area contributed by atoms with Crippen LogP contribution in [0.1, 0.15) is 15.4 Å². The lowest BCUT2D eigenvalue weighted by Gasteiger charge is -2.11. The molecule has 6 heteroatoms. The highest BCUT2D eigenvalue weighted by Crippen LogP contribution is 2.14. The lowest BCUT2D eigenvalue weighted by Crippen LogP contribution is -2.28. The Labute approximate surface area is 122 Å². The Bertz CT molecular complexity index is 634. The molecular formula is C14H19N3O2S. The van der Waals surface area contributed by atoms with Crippen molar-refractivity contribution in [1.29, 1.82) is 0 Å². The van der Waals surface area contributed by atoms with Gasteiger partial charge in [0.25, 0.3) is 11.6 Å². The van der Waals surface area contributed by atoms with Gasteiger partial charge in [-0.15, -0.1) is 11.3 Å². The van der Waals surface area contributed by atoms with Crippen LogP contribution in [0.5, 0.6) is 6.01 Å². The summed E-state index contributed by atoms with van der Waals surface area (Å²) in [6.45, 7) is 5.93. The molecule has 0 bridgehead atoms. The van der Waals surface area contributed by atoms with Crippen molar-refractivity contribution >= 4 is 11.3 Å². The first-order valence-electron chi connectivity index (χ1n) is 6.48. The van der Waals surface area contributed by atoms with Gasteiger partial charge in [-0.25, -0.2) is 4.98 Å². The van der Waals surface area contributed by atoms with Crippen molar-refractivity contribution in [1.82, 2.24) is 14.9 Å². The standard InChI is InChI=1S/C14H19N3O2S/c1-10-8-13(18)17(14(16-10)19-3)7-6-15-9-12-5-4-11(2)20-12/h4-5,8,15H,6-7,9H2,1-3H3. The topological polar surface area (TPSA) is 56.1 Å². The second kappa shape index (κ2) is 6.67. The van der Waals surface area contributed by atoms with Crippen LogP contribution in [0.25, 0.3) is 0 Å². The number of nitrogens with one attached hydrogen (secondary N) is 1. The van der Waals surface area contributed by atoms with Gasteiger partial charge in [-0.2, -0.15) is 0 Å². The quantitative estimate of drug-likeness (QED) is 0.824. The molecule has 0 aliphatic carbocycles. The van der Waals surface area contributed by atoms with E-state index in [1.165, 1.54) is 22.9 Å². The maximum absolute atomic E-state index is 11.9. The molecule has 0 aromatic carbocycles.